The molecule has 0 heterocycles. The molecule has 0 saturated heterocycles. The van der Waals surface area contributed by atoms with E-state index in [0.717, 1.165) is 5.56 Å². The third-order valence-electron chi connectivity index (χ3n) is 1.97. The average molecular weight is 284 g/mol. The highest BCUT2D eigenvalue weighted by Crippen LogP contribution is 2.20. The summed E-state index contributed by atoms with van der Waals surface area (Å²) in [7, 11) is 0. The summed E-state index contributed by atoms with van der Waals surface area (Å²) in [5.74, 6) is -0.418. The highest BCUT2D eigenvalue weighted by Gasteiger charge is 2.08. The van der Waals surface area contributed by atoms with Gasteiger partial charge in [-0.3, -0.25) is 0 Å². The highest BCUT2D eigenvalue weighted by atomic mass is 16.9. The molecule has 0 aliphatic carbocycles. The van der Waals surface area contributed by atoms with Gasteiger partial charge >= 0.3 is 5.97 Å². The van der Waals surface area contributed by atoms with Crippen molar-refractivity contribution in [3.8, 4) is 0 Å². The van der Waals surface area contributed by atoms with Crippen LogP contribution in [0.2, 0.25) is 0 Å². The van der Waals surface area contributed by atoms with Crippen molar-refractivity contribution in [2.75, 3.05) is 6.61 Å². The second kappa shape index (κ2) is 8.29. The number of esters is 1. The van der Waals surface area contributed by atoms with Crippen LogP contribution in [0.1, 0.15) is 22.8 Å². The third-order valence-corrected chi connectivity index (χ3v) is 1.97. The Kier molecular flexibility index (Phi) is 7.12. The topological polar surface area (TPSA) is 154 Å². The molecular formula is C11H16N4O5. The van der Waals surface area contributed by atoms with Crippen molar-refractivity contribution < 1.29 is 19.8 Å². The Morgan fingerprint density at radius 2 is 2.05 bits per heavy atom. The first kappa shape index (κ1) is 17.2. The molecule has 0 spiro atoms. The van der Waals surface area contributed by atoms with Gasteiger partial charge in [0.15, 0.2) is 5.96 Å². The summed E-state index contributed by atoms with van der Waals surface area (Å²) in [5, 5.41) is 13.6. The third kappa shape index (κ3) is 6.79. The van der Waals surface area contributed by atoms with Gasteiger partial charge < -0.3 is 21.4 Å². The maximum absolute atomic E-state index is 11.5. The molecule has 9 nitrogen and oxygen atoms in total. The standard InChI is InChI=1S/C11H15N3O2.HNO3/c1-3-16-10(15)8-5-4-7(2)9(6-8)14-11(12)13;2-1(3)4/h4-6H,3H2,1-2H3,(H4,12,13,14);(H,2,3,4). The van der Waals surface area contributed by atoms with E-state index in [1.54, 1.807) is 25.1 Å². The Balaban J connectivity index is 0.000000796. The first-order valence-electron chi connectivity index (χ1n) is 5.48. The number of hydrogen-bond donors (Lipinski definition) is 3. The summed E-state index contributed by atoms with van der Waals surface area (Å²) in [6, 6.07) is 5.06. The number of nitrogens with two attached hydrogens (primary N) is 2. The van der Waals surface area contributed by atoms with Crippen molar-refractivity contribution in [2.24, 2.45) is 16.5 Å². The van der Waals surface area contributed by atoms with Gasteiger partial charge in [-0.1, -0.05) is 6.07 Å². The Morgan fingerprint density at radius 3 is 2.50 bits per heavy atom. The lowest BCUT2D eigenvalue weighted by molar-refractivity contribution is -0.742. The Hall–Kier alpha value is -2.84. The number of aryl methyl sites for hydroxylation is 1. The molecule has 0 aliphatic rings. The van der Waals surface area contributed by atoms with Crippen LogP contribution in [-0.2, 0) is 4.74 Å². The number of nitrogens with zero attached hydrogens (tertiary/aromatic N) is 2. The van der Waals surface area contributed by atoms with E-state index in [4.69, 9.17) is 31.5 Å². The molecule has 0 aromatic heterocycles. The molecule has 0 fully saturated rings. The summed E-state index contributed by atoms with van der Waals surface area (Å²) < 4.78 is 4.88. The molecule has 0 radical (unpaired) electrons. The minimum absolute atomic E-state index is 0.0379. The van der Waals surface area contributed by atoms with Crippen molar-refractivity contribution in [1.82, 2.24) is 0 Å². The normalized spacial score (nSPS) is 8.90. The zero-order valence-electron chi connectivity index (χ0n) is 11.1. The SMILES string of the molecule is CCOC(=O)c1ccc(C)c(N=C(N)N)c1.O=[N+]([O-])O. The predicted octanol–water partition coefficient (Wildman–Crippen LogP) is 0.729. The van der Waals surface area contributed by atoms with Gasteiger partial charge in [0.1, 0.15) is 0 Å². The zero-order chi connectivity index (χ0) is 15.7. The Labute approximate surface area is 115 Å². The summed E-state index contributed by atoms with van der Waals surface area (Å²) >= 11 is 0. The number of benzene rings is 1. The number of guanidine groups is 1. The fourth-order valence-electron chi connectivity index (χ4n) is 1.21. The summed E-state index contributed by atoms with van der Waals surface area (Å²) in [4.78, 5) is 23.7. The molecule has 0 aliphatic heterocycles. The number of carbonyl (C=O) groups excluding carboxylic acids is 1. The molecule has 0 saturated carbocycles. The lowest BCUT2D eigenvalue weighted by atomic mass is 10.1. The molecule has 1 rings (SSSR count). The lowest BCUT2D eigenvalue weighted by Gasteiger charge is -2.05. The lowest BCUT2D eigenvalue weighted by Crippen LogP contribution is -2.22. The number of rotatable bonds is 3. The second-order valence-electron chi connectivity index (χ2n) is 3.50. The largest absolute Gasteiger partial charge is 0.462 e. The molecule has 0 bridgehead atoms. The monoisotopic (exact) mass is 284 g/mol. The van der Waals surface area contributed by atoms with Gasteiger partial charge in [0.05, 0.1) is 17.9 Å². The highest BCUT2D eigenvalue weighted by molar-refractivity contribution is 5.91. The molecule has 110 valence electrons. The van der Waals surface area contributed by atoms with E-state index in [2.05, 4.69) is 4.99 Å². The van der Waals surface area contributed by atoms with E-state index >= 15 is 0 Å². The molecule has 9 heteroatoms. The minimum atomic E-state index is -1.50. The predicted molar refractivity (Wildman–Crippen MR) is 71.4 cm³/mol. The molecule has 1 aromatic carbocycles. The van der Waals surface area contributed by atoms with Gasteiger partial charge in [-0.25, -0.2) is 9.79 Å². The van der Waals surface area contributed by atoms with E-state index in [1.165, 1.54) is 0 Å². The average Bonchev–Trinajstić information content (AvgIpc) is 2.31. The first-order chi connectivity index (χ1) is 9.27. The molecule has 1 aromatic rings. The van der Waals surface area contributed by atoms with Crippen LogP contribution in [0.25, 0.3) is 0 Å². The first-order valence-corrected chi connectivity index (χ1v) is 5.48. The van der Waals surface area contributed by atoms with Gasteiger partial charge in [0.25, 0.3) is 5.09 Å². The van der Waals surface area contributed by atoms with Crippen LogP contribution >= 0.6 is 0 Å². The quantitative estimate of drug-likeness (QED) is 0.243. The number of carbonyl (C=O) groups is 1. The van der Waals surface area contributed by atoms with Crippen LogP contribution in [0, 0.1) is 17.0 Å². The van der Waals surface area contributed by atoms with Crippen molar-refractivity contribution >= 4 is 17.6 Å². The van der Waals surface area contributed by atoms with Crippen molar-refractivity contribution in [2.45, 2.75) is 13.8 Å². The molecule has 20 heavy (non-hydrogen) atoms. The minimum Gasteiger partial charge on any atom is -0.462 e. The van der Waals surface area contributed by atoms with Gasteiger partial charge in [-0.15, -0.1) is 10.1 Å². The van der Waals surface area contributed by atoms with Crippen molar-refractivity contribution in [3.05, 3.63) is 39.4 Å². The number of ether oxygens (including phenoxy) is 1. The van der Waals surface area contributed by atoms with E-state index in [0.29, 0.717) is 17.9 Å². The van der Waals surface area contributed by atoms with Crippen LogP contribution in [0.15, 0.2) is 23.2 Å². The van der Waals surface area contributed by atoms with E-state index in [1.807, 2.05) is 6.92 Å². The maximum atomic E-state index is 11.5. The van der Waals surface area contributed by atoms with Crippen molar-refractivity contribution in [1.29, 1.82) is 0 Å². The van der Waals surface area contributed by atoms with Crippen molar-refractivity contribution in [3.63, 3.8) is 0 Å². The van der Waals surface area contributed by atoms with E-state index in [-0.39, 0.29) is 11.9 Å². The van der Waals surface area contributed by atoms with Crippen LogP contribution in [0.4, 0.5) is 5.69 Å². The zero-order valence-corrected chi connectivity index (χ0v) is 11.1. The summed E-state index contributed by atoms with van der Waals surface area (Å²) in [6.07, 6.45) is 0. The van der Waals surface area contributed by atoms with E-state index < -0.39 is 5.09 Å². The van der Waals surface area contributed by atoms with Crippen LogP contribution < -0.4 is 11.5 Å². The van der Waals surface area contributed by atoms with Crippen LogP contribution in [0.3, 0.4) is 0 Å². The molecular weight excluding hydrogens is 268 g/mol. The maximum Gasteiger partial charge on any atom is 0.338 e. The fraction of sp³-hybridized carbons (Fsp3) is 0.273. The van der Waals surface area contributed by atoms with E-state index in [9.17, 15) is 4.79 Å². The van der Waals surface area contributed by atoms with Gasteiger partial charge in [0, 0.05) is 0 Å². The smallest absolute Gasteiger partial charge is 0.338 e. The van der Waals surface area contributed by atoms with Crippen LogP contribution in [0.5, 0.6) is 0 Å². The molecule has 0 atom stereocenters. The fourth-order valence-corrected chi connectivity index (χ4v) is 1.21. The summed E-state index contributed by atoms with van der Waals surface area (Å²) in [6.45, 7) is 3.95. The summed E-state index contributed by atoms with van der Waals surface area (Å²) in [5.41, 5.74) is 12.5. The molecule has 0 amide bonds. The Bertz CT molecular complexity index is 508. The number of aliphatic imine (C=N–C) groups is 1. The number of hydrogen-bond acceptors (Lipinski definition) is 5. The Morgan fingerprint density at radius 1 is 1.50 bits per heavy atom. The molecule has 0 unspecified atom stereocenters. The van der Waals surface area contributed by atoms with Gasteiger partial charge in [-0.2, -0.15) is 0 Å². The molecule has 5 N–H and O–H groups in total. The van der Waals surface area contributed by atoms with Crippen LogP contribution in [-0.4, -0.2) is 28.8 Å². The van der Waals surface area contributed by atoms with Gasteiger partial charge in [0.2, 0.25) is 0 Å². The second-order valence-corrected chi connectivity index (χ2v) is 3.50. The van der Waals surface area contributed by atoms with Gasteiger partial charge in [-0.05, 0) is 31.5 Å².